The molecule has 0 atom stereocenters. The lowest BCUT2D eigenvalue weighted by atomic mass is 10.3. The number of benzene rings is 1. The van der Waals surface area contributed by atoms with Crippen LogP contribution in [-0.2, 0) is 7.05 Å². The van der Waals surface area contributed by atoms with Crippen molar-refractivity contribution in [2.75, 3.05) is 0 Å². The Kier molecular flexibility index (Phi) is 2.63. The van der Waals surface area contributed by atoms with Gasteiger partial charge < -0.3 is 4.74 Å². The van der Waals surface area contributed by atoms with Crippen molar-refractivity contribution in [3.63, 3.8) is 0 Å². The van der Waals surface area contributed by atoms with Gasteiger partial charge in [0.25, 0.3) is 0 Å². The minimum atomic E-state index is -0.349. The molecular formula is C8H6BrFN4O. The van der Waals surface area contributed by atoms with Crippen molar-refractivity contribution in [1.82, 2.24) is 20.2 Å². The molecule has 15 heavy (non-hydrogen) atoms. The number of halogens is 2. The number of ether oxygens (including phenoxy) is 1. The van der Waals surface area contributed by atoms with Crippen molar-refractivity contribution in [2.45, 2.75) is 0 Å². The molecule has 0 N–H and O–H groups in total. The number of aryl methyl sites for hydroxylation is 1. The Bertz CT molecular complexity index is 487. The lowest BCUT2D eigenvalue weighted by molar-refractivity contribution is 0.413. The molecule has 5 nitrogen and oxygen atoms in total. The maximum atomic E-state index is 12.9. The quantitative estimate of drug-likeness (QED) is 0.838. The summed E-state index contributed by atoms with van der Waals surface area (Å²) in [6, 6.07) is 4.54. The van der Waals surface area contributed by atoms with Gasteiger partial charge in [-0.3, -0.25) is 0 Å². The van der Waals surface area contributed by atoms with E-state index in [-0.39, 0.29) is 11.8 Å². The van der Waals surface area contributed by atoms with Crippen LogP contribution >= 0.6 is 15.9 Å². The average molecular weight is 273 g/mol. The molecule has 1 aromatic carbocycles. The van der Waals surface area contributed by atoms with Crippen LogP contribution in [0.3, 0.4) is 0 Å². The van der Waals surface area contributed by atoms with Gasteiger partial charge in [-0.25, -0.2) is 4.39 Å². The fourth-order valence-corrected chi connectivity index (χ4v) is 1.31. The van der Waals surface area contributed by atoms with Crippen molar-refractivity contribution >= 4 is 15.9 Å². The lowest BCUT2D eigenvalue weighted by Crippen LogP contribution is -1.96. The molecule has 0 aliphatic heterocycles. The van der Waals surface area contributed by atoms with Crippen LogP contribution in [0.15, 0.2) is 22.7 Å². The average Bonchev–Trinajstić information content (AvgIpc) is 2.59. The first-order chi connectivity index (χ1) is 7.16. The largest absolute Gasteiger partial charge is 0.423 e. The molecule has 0 aliphatic carbocycles. The topological polar surface area (TPSA) is 52.8 Å². The molecule has 0 fully saturated rings. The zero-order chi connectivity index (χ0) is 10.8. The summed E-state index contributed by atoms with van der Waals surface area (Å²) in [5, 5.41) is 10.6. The highest BCUT2D eigenvalue weighted by molar-refractivity contribution is 9.10. The van der Waals surface area contributed by atoms with Gasteiger partial charge in [0.1, 0.15) is 11.6 Å². The lowest BCUT2D eigenvalue weighted by Gasteiger charge is -2.03. The van der Waals surface area contributed by atoms with E-state index in [2.05, 4.69) is 31.5 Å². The van der Waals surface area contributed by atoms with Gasteiger partial charge in [0.05, 0.1) is 4.47 Å². The molecule has 2 aromatic rings. The molecule has 0 saturated carbocycles. The number of tetrazole rings is 1. The van der Waals surface area contributed by atoms with Gasteiger partial charge in [-0.05, 0) is 44.6 Å². The minimum absolute atomic E-state index is 0.244. The standard InChI is InChI=1S/C8H6BrFN4O/c1-14-8(11-12-13-14)15-5-2-3-7(10)6(9)4-5/h2-4H,1H3. The molecule has 0 bridgehead atoms. The summed E-state index contributed by atoms with van der Waals surface area (Å²) in [5.74, 6) is 0.111. The first-order valence-electron chi connectivity index (χ1n) is 4.02. The molecule has 0 unspecified atom stereocenters. The van der Waals surface area contributed by atoms with Crippen LogP contribution in [-0.4, -0.2) is 20.2 Å². The Morgan fingerprint density at radius 3 is 2.87 bits per heavy atom. The van der Waals surface area contributed by atoms with Gasteiger partial charge in [-0.15, -0.1) is 0 Å². The normalized spacial score (nSPS) is 10.3. The van der Waals surface area contributed by atoms with Gasteiger partial charge in [-0.2, -0.15) is 4.68 Å². The number of hydrogen-bond acceptors (Lipinski definition) is 4. The van der Waals surface area contributed by atoms with Crippen molar-refractivity contribution in [3.8, 4) is 11.8 Å². The number of nitrogens with zero attached hydrogens (tertiary/aromatic N) is 4. The highest BCUT2D eigenvalue weighted by atomic mass is 79.9. The van der Waals surface area contributed by atoms with Gasteiger partial charge in [-0.1, -0.05) is 5.10 Å². The summed E-state index contributed by atoms with van der Waals surface area (Å²) < 4.78 is 19.9. The van der Waals surface area contributed by atoms with E-state index >= 15 is 0 Å². The van der Waals surface area contributed by atoms with E-state index in [4.69, 9.17) is 4.74 Å². The van der Waals surface area contributed by atoms with E-state index in [0.29, 0.717) is 10.2 Å². The summed E-state index contributed by atoms with van der Waals surface area (Å²) in [4.78, 5) is 0. The smallest absolute Gasteiger partial charge is 0.340 e. The van der Waals surface area contributed by atoms with Crippen LogP contribution in [0.1, 0.15) is 0 Å². The SMILES string of the molecule is Cn1nnnc1Oc1ccc(F)c(Br)c1. The molecule has 0 radical (unpaired) electrons. The Morgan fingerprint density at radius 1 is 1.47 bits per heavy atom. The predicted molar refractivity (Wildman–Crippen MR) is 53.0 cm³/mol. The van der Waals surface area contributed by atoms with E-state index < -0.39 is 0 Å². The summed E-state index contributed by atoms with van der Waals surface area (Å²) in [6.07, 6.45) is 0. The highest BCUT2D eigenvalue weighted by Gasteiger charge is 2.06. The van der Waals surface area contributed by atoms with Crippen LogP contribution in [0, 0.1) is 5.82 Å². The third kappa shape index (κ3) is 2.12. The second-order valence-corrected chi connectivity index (χ2v) is 3.62. The Labute approximate surface area is 93.0 Å². The van der Waals surface area contributed by atoms with E-state index in [9.17, 15) is 4.39 Å². The molecule has 2 rings (SSSR count). The van der Waals surface area contributed by atoms with E-state index in [1.807, 2.05) is 0 Å². The van der Waals surface area contributed by atoms with Crippen LogP contribution in [0.25, 0.3) is 0 Å². The molecule has 0 aliphatic rings. The predicted octanol–water partition coefficient (Wildman–Crippen LogP) is 1.90. The van der Waals surface area contributed by atoms with Crippen molar-refractivity contribution in [3.05, 3.63) is 28.5 Å². The van der Waals surface area contributed by atoms with Crippen LogP contribution in [0.2, 0.25) is 0 Å². The number of hydrogen-bond donors (Lipinski definition) is 0. The fraction of sp³-hybridized carbons (Fsp3) is 0.125. The monoisotopic (exact) mass is 272 g/mol. The van der Waals surface area contributed by atoms with Gasteiger partial charge >= 0.3 is 6.01 Å². The zero-order valence-electron chi connectivity index (χ0n) is 7.69. The summed E-state index contributed by atoms with van der Waals surface area (Å²) in [6.45, 7) is 0. The molecule has 0 spiro atoms. The summed E-state index contributed by atoms with van der Waals surface area (Å²) >= 11 is 3.06. The third-order valence-electron chi connectivity index (χ3n) is 1.68. The molecule has 78 valence electrons. The van der Waals surface area contributed by atoms with Crippen molar-refractivity contribution in [2.24, 2.45) is 7.05 Å². The fourth-order valence-electron chi connectivity index (χ4n) is 0.953. The summed E-state index contributed by atoms with van der Waals surface area (Å²) in [5.41, 5.74) is 0. The molecule has 1 aromatic heterocycles. The number of rotatable bonds is 2. The molecule has 7 heteroatoms. The molecule has 0 saturated heterocycles. The second-order valence-electron chi connectivity index (χ2n) is 2.76. The van der Waals surface area contributed by atoms with Gasteiger partial charge in [0.15, 0.2) is 0 Å². The number of aromatic nitrogens is 4. The maximum absolute atomic E-state index is 12.9. The first-order valence-corrected chi connectivity index (χ1v) is 4.81. The highest BCUT2D eigenvalue weighted by Crippen LogP contribution is 2.24. The second kappa shape index (κ2) is 3.93. The third-order valence-corrected chi connectivity index (χ3v) is 2.29. The Morgan fingerprint density at radius 2 is 2.27 bits per heavy atom. The van der Waals surface area contributed by atoms with Crippen molar-refractivity contribution in [1.29, 1.82) is 0 Å². The summed E-state index contributed by atoms with van der Waals surface area (Å²) in [7, 11) is 1.65. The zero-order valence-corrected chi connectivity index (χ0v) is 9.27. The van der Waals surface area contributed by atoms with Gasteiger partial charge in [0, 0.05) is 7.05 Å². The molecular weight excluding hydrogens is 267 g/mol. The Hall–Kier alpha value is -1.50. The van der Waals surface area contributed by atoms with E-state index in [1.165, 1.54) is 22.9 Å². The van der Waals surface area contributed by atoms with E-state index in [0.717, 1.165) is 0 Å². The molecule has 0 amide bonds. The van der Waals surface area contributed by atoms with E-state index in [1.54, 1.807) is 7.05 Å². The Balaban J connectivity index is 2.25. The van der Waals surface area contributed by atoms with Crippen LogP contribution in [0.4, 0.5) is 4.39 Å². The minimum Gasteiger partial charge on any atom is -0.423 e. The van der Waals surface area contributed by atoms with Gasteiger partial charge in [0.2, 0.25) is 0 Å². The molecule has 1 heterocycles. The van der Waals surface area contributed by atoms with Crippen molar-refractivity contribution < 1.29 is 9.13 Å². The maximum Gasteiger partial charge on any atom is 0.340 e. The van der Waals surface area contributed by atoms with Crippen LogP contribution < -0.4 is 4.74 Å². The van der Waals surface area contributed by atoms with Crippen LogP contribution in [0.5, 0.6) is 11.8 Å². The first kappa shape index (κ1) is 10.0.